The number of hydrogen-bond acceptors (Lipinski definition) is 1. The summed E-state index contributed by atoms with van der Waals surface area (Å²) in [6.07, 6.45) is 1.92. The van der Waals surface area contributed by atoms with E-state index >= 15 is 0 Å². The second-order valence-corrected chi connectivity index (χ2v) is 4.94. The van der Waals surface area contributed by atoms with Crippen LogP contribution in [0, 0.1) is 5.82 Å². The maximum Gasteiger partial charge on any atom is 0.127 e. The molecule has 4 heteroatoms. The molecule has 1 aromatic carbocycles. The standard InChI is InChI=1S/C11H12Cl2FN/c12-8-1-2-11(14)7(3-8)6-15-10-4-9(13)5-10/h1-3,9-10,15H,4-6H2. The summed E-state index contributed by atoms with van der Waals surface area (Å²) in [4.78, 5) is 0. The van der Waals surface area contributed by atoms with Gasteiger partial charge in [0.25, 0.3) is 0 Å². The Labute approximate surface area is 98.6 Å². The highest BCUT2D eigenvalue weighted by atomic mass is 35.5. The minimum Gasteiger partial charge on any atom is -0.310 e. The van der Waals surface area contributed by atoms with E-state index in [2.05, 4.69) is 5.32 Å². The maximum absolute atomic E-state index is 13.3. The molecule has 0 saturated heterocycles. The van der Waals surface area contributed by atoms with Crippen LogP contribution in [-0.4, -0.2) is 11.4 Å². The van der Waals surface area contributed by atoms with Gasteiger partial charge < -0.3 is 5.32 Å². The van der Waals surface area contributed by atoms with Gasteiger partial charge in [0.2, 0.25) is 0 Å². The van der Waals surface area contributed by atoms with Crippen molar-refractivity contribution in [1.82, 2.24) is 5.32 Å². The van der Waals surface area contributed by atoms with Gasteiger partial charge in [0.05, 0.1) is 0 Å². The monoisotopic (exact) mass is 247 g/mol. The van der Waals surface area contributed by atoms with E-state index in [1.54, 1.807) is 12.1 Å². The molecule has 0 bridgehead atoms. The molecule has 1 fully saturated rings. The lowest BCUT2D eigenvalue weighted by molar-refractivity contribution is 0.343. The molecule has 0 unspecified atom stereocenters. The van der Waals surface area contributed by atoms with Crippen LogP contribution in [0.4, 0.5) is 4.39 Å². The van der Waals surface area contributed by atoms with Crippen molar-refractivity contribution in [2.24, 2.45) is 0 Å². The SMILES string of the molecule is Fc1ccc(Cl)cc1CNC1CC(Cl)C1. The van der Waals surface area contributed by atoms with Crippen molar-refractivity contribution >= 4 is 23.2 Å². The molecule has 1 aromatic rings. The number of nitrogens with one attached hydrogen (secondary N) is 1. The predicted octanol–water partition coefficient (Wildman–Crippen LogP) is 3.34. The third-order valence-corrected chi connectivity index (χ3v) is 3.26. The molecule has 0 radical (unpaired) electrons. The lowest BCUT2D eigenvalue weighted by Gasteiger charge is -2.31. The fourth-order valence-corrected chi connectivity index (χ4v) is 2.27. The van der Waals surface area contributed by atoms with Crippen molar-refractivity contribution in [2.45, 2.75) is 30.8 Å². The van der Waals surface area contributed by atoms with E-state index in [1.807, 2.05) is 0 Å². The predicted molar refractivity (Wildman–Crippen MR) is 60.9 cm³/mol. The van der Waals surface area contributed by atoms with Crippen LogP contribution in [0.5, 0.6) is 0 Å². The largest absolute Gasteiger partial charge is 0.310 e. The third-order valence-electron chi connectivity index (χ3n) is 2.67. The summed E-state index contributed by atoms with van der Waals surface area (Å²) in [6.45, 7) is 0.515. The quantitative estimate of drug-likeness (QED) is 0.809. The first-order valence-corrected chi connectivity index (χ1v) is 5.78. The number of hydrogen-bond donors (Lipinski definition) is 1. The highest BCUT2D eigenvalue weighted by Crippen LogP contribution is 2.25. The third kappa shape index (κ3) is 2.83. The van der Waals surface area contributed by atoms with E-state index in [-0.39, 0.29) is 11.2 Å². The molecule has 0 aliphatic heterocycles. The first-order valence-electron chi connectivity index (χ1n) is 4.96. The Bertz CT molecular complexity index is 350. The first-order chi connectivity index (χ1) is 7.15. The summed E-state index contributed by atoms with van der Waals surface area (Å²) in [7, 11) is 0. The fourth-order valence-electron chi connectivity index (χ4n) is 1.65. The Morgan fingerprint density at radius 1 is 1.40 bits per heavy atom. The van der Waals surface area contributed by atoms with Crippen molar-refractivity contribution in [1.29, 1.82) is 0 Å². The van der Waals surface area contributed by atoms with Crippen molar-refractivity contribution in [3.8, 4) is 0 Å². The minimum absolute atomic E-state index is 0.214. The van der Waals surface area contributed by atoms with Gasteiger partial charge in [-0.25, -0.2) is 4.39 Å². The van der Waals surface area contributed by atoms with Crippen molar-refractivity contribution in [3.05, 3.63) is 34.6 Å². The minimum atomic E-state index is -0.214. The van der Waals surface area contributed by atoms with E-state index in [0.29, 0.717) is 23.2 Å². The van der Waals surface area contributed by atoms with E-state index in [1.165, 1.54) is 6.07 Å². The topological polar surface area (TPSA) is 12.0 Å². The highest BCUT2D eigenvalue weighted by molar-refractivity contribution is 6.30. The fraction of sp³-hybridized carbons (Fsp3) is 0.455. The molecule has 1 aliphatic carbocycles. The Morgan fingerprint density at radius 3 is 2.80 bits per heavy atom. The zero-order valence-corrected chi connectivity index (χ0v) is 9.65. The van der Waals surface area contributed by atoms with Crippen molar-refractivity contribution in [3.63, 3.8) is 0 Å². The molecule has 1 saturated carbocycles. The maximum atomic E-state index is 13.3. The molecular weight excluding hydrogens is 236 g/mol. The molecule has 1 N–H and O–H groups in total. The number of rotatable bonds is 3. The average Bonchev–Trinajstić information content (AvgIpc) is 2.16. The average molecular weight is 248 g/mol. The molecule has 15 heavy (non-hydrogen) atoms. The number of halogens is 3. The lowest BCUT2D eigenvalue weighted by atomic mass is 9.92. The normalized spacial score (nSPS) is 25.0. The summed E-state index contributed by atoms with van der Waals surface area (Å²) in [6, 6.07) is 5.02. The van der Waals surface area contributed by atoms with Crippen LogP contribution in [0.3, 0.4) is 0 Å². The van der Waals surface area contributed by atoms with Gasteiger partial charge in [-0.1, -0.05) is 11.6 Å². The van der Waals surface area contributed by atoms with Crippen LogP contribution in [0.2, 0.25) is 5.02 Å². The van der Waals surface area contributed by atoms with Gasteiger partial charge in [0.15, 0.2) is 0 Å². The molecule has 2 rings (SSSR count). The highest BCUT2D eigenvalue weighted by Gasteiger charge is 2.26. The zero-order chi connectivity index (χ0) is 10.8. The van der Waals surface area contributed by atoms with Crippen molar-refractivity contribution in [2.75, 3.05) is 0 Å². The summed E-state index contributed by atoms with van der Waals surface area (Å²) in [5.74, 6) is -0.214. The summed E-state index contributed by atoms with van der Waals surface area (Å²) in [5.41, 5.74) is 0.612. The molecule has 0 spiro atoms. The zero-order valence-electron chi connectivity index (χ0n) is 8.14. The number of benzene rings is 1. The van der Waals surface area contributed by atoms with Gasteiger partial charge in [-0.3, -0.25) is 0 Å². The van der Waals surface area contributed by atoms with Gasteiger partial charge in [-0.2, -0.15) is 0 Å². The molecular formula is C11H12Cl2FN. The Hall–Kier alpha value is -0.310. The second kappa shape index (κ2) is 4.69. The van der Waals surface area contributed by atoms with Gasteiger partial charge in [-0.15, -0.1) is 11.6 Å². The molecule has 0 aromatic heterocycles. The molecule has 0 amide bonds. The van der Waals surface area contributed by atoms with Crippen LogP contribution < -0.4 is 5.32 Å². The van der Waals surface area contributed by atoms with E-state index < -0.39 is 0 Å². The molecule has 0 heterocycles. The van der Waals surface area contributed by atoms with Crippen molar-refractivity contribution < 1.29 is 4.39 Å². The molecule has 0 atom stereocenters. The van der Waals surface area contributed by atoms with Crippen LogP contribution >= 0.6 is 23.2 Å². The van der Waals surface area contributed by atoms with Gasteiger partial charge in [-0.05, 0) is 31.0 Å². The number of alkyl halides is 1. The summed E-state index contributed by atoms with van der Waals surface area (Å²) in [5, 5.41) is 4.10. The van der Waals surface area contributed by atoms with E-state index in [0.717, 1.165) is 12.8 Å². The van der Waals surface area contributed by atoms with Crippen LogP contribution in [0.1, 0.15) is 18.4 Å². The molecule has 1 aliphatic rings. The van der Waals surface area contributed by atoms with Crippen LogP contribution in [0.25, 0.3) is 0 Å². The first kappa shape index (κ1) is 11.2. The van der Waals surface area contributed by atoms with Gasteiger partial charge >= 0.3 is 0 Å². The summed E-state index contributed by atoms with van der Waals surface area (Å²) < 4.78 is 13.3. The van der Waals surface area contributed by atoms with Gasteiger partial charge in [0, 0.05) is 28.5 Å². The van der Waals surface area contributed by atoms with E-state index in [9.17, 15) is 4.39 Å². The van der Waals surface area contributed by atoms with Crippen LogP contribution in [-0.2, 0) is 6.54 Å². The molecule has 82 valence electrons. The Morgan fingerprint density at radius 2 is 2.13 bits per heavy atom. The lowest BCUT2D eigenvalue weighted by Crippen LogP contribution is -2.41. The smallest absolute Gasteiger partial charge is 0.127 e. The van der Waals surface area contributed by atoms with Crippen LogP contribution in [0.15, 0.2) is 18.2 Å². The van der Waals surface area contributed by atoms with E-state index in [4.69, 9.17) is 23.2 Å². The Kier molecular flexibility index (Phi) is 3.49. The molecule has 1 nitrogen and oxygen atoms in total. The summed E-state index contributed by atoms with van der Waals surface area (Å²) >= 11 is 11.6. The Balaban J connectivity index is 1.90. The second-order valence-electron chi connectivity index (χ2n) is 3.88. The van der Waals surface area contributed by atoms with Gasteiger partial charge in [0.1, 0.15) is 5.82 Å².